The standard InChI is InChI=1S/C13H14ClNO/c1-9-4-5-11(14)10(2)12(9)13(15-8-16)6-3-7-13/h4-5H,3,6-7H2,1-2H3. The maximum atomic E-state index is 10.6. The summed E-state index contributed by atoms with van der Waals surface area (Å²) < 4.78 is 0. The van der Waals surface area contributed by atoms with E-state index in [0.29, 0.717) is 0 Å². The third-order valence-electron chi connectivity index (χ3n) is 3.51. The van der Waals surface area contributed by atoms with Crippen LogP contribution in [0.2, 0.25) is 5.02 Å². The molecule has 0 bridgehead atoms. The van der Waals surface area contributed by atoms with Gasteiger partial charge < -0.3 is 0 Å². The highest BCUT2D eigenvalue weighted by Gasteiger charge is 2.41. The van der Waals surface area contributed by atoms with Crippen molar-refractivity contribution in [1.29, 1.82) is 0 Å². The van der Waals surface area contributed by atoms with Gasteiger partial charge in [-0.05, 0) is 55.9 Å². The summed E-state index contributed by atoms with van der Waals surface area (Å²) in [5.74, 6) is 0. The molecule has 2 nitrogen and oxygen atoms in total. The Morgan fingerprint density at radius 2 is 2.06 bits per heavy atom. The molecule has 0 radical (unpaired) electrons. The molecule has 1 aromatic rings. The number of hydrogen-bond acceptors (Lipinski definition) is 2. The van der Waals surface area contributed by atoms with Crippen molar-refractivity contribution in [1.82, 2.24) is 0 Å². The Bertz CT molecular complexity index is 471. The van der Waals surface area contributed by atoms with Gasteiger partial charge in [0.1, 0.15) is 0 Å². The lowest BCUT2D eigenvalue weighted by atomic mass is 9.69. The molecular formula is C13H14ClNO. The zero-order chi connectivity index (χ0) is 11.8. The molecule has 3 heteroatoms. The second-order valence-corrected chi connectivity index (χ2v) is 4.86. The summed E-state index contributed by atoms with van der Waals surface area (Å²) in [6.07, 6.45) is 4.66. The van der Waals surface area contributed by atoms with E-state index in [0.717, 1.165) is 41.0 Å². The second-order valence-electron chi connectivity index (χ2n) is 4.45. The molecule has 0 spiro atoms. The Hall–Kier alpha value is -1.11. The lowest BCUT2D eigenvalue weighted by molar-refractivity contribution is 0.253. The molecule has 1 aliphatic rings. The molecule has 0 saturated heterocycles. The lowest BCUT2D eigenvalue weighted by Crippen LogP contribution is -2.33. The zero-order valence-electron chi connectivity index (χ0n) is 9.51. The summed E-state index contributed by atoms with van der Waals surface area (Å²) in [7, 11) is 0. The number of aryl methyl sites for hydroxylation is 1. The van der Waals surface area contributed by atoms with Crippen LogP contribution in [0, 0.1) is 13.8 Å². The number of aliphatic imine (C=N–C) groups is 1. The Kier molecular flexibility index (Phi) is 2.88. The fourth-order valence-corrected chi connectivity index (χ4v) is 2.71. The maximum Gasteiger partial charge on any atom is 0.235 e. The molecule has 0 unspecified atom stereocenters. The summed E-state index contributed by atoms with van der Waals surface area (Å²) in [5.41, 5.74) is 2.97. The van der Waals surface area contributed by atoms with Crippen molar-refractivity contribution in [2.24, 2.45) is 4.99 Å². The number of hydrogen-bond donors (Lipinski definition) is 0. The van der Waals surface area contributed by atoms with E-state index in [1.807, 2.05) is 26.0 Å². The first-order chi connectivity index (χ1) is 7.60. The predicted molar refractivity (Wildman–Crippen MR) is 64.6 cm³/mol. The number of rotatable bonds is 2. The van der Waals surface area contributed by atoms with Gasteiger partial charge in [-0.2, -0.15) is 4.99 Å². The third-order valence-corrected chi connectivity index (χ3v) is 3.92. The predicted octanol–water partition coefficient (Wildman–Crippen LogP) is 3.67. The van der Waals surface area contributed by atoms with Crippen molar-refractivity contribution in [2.45, 2.75) is 38.6 Å². The topological polar surface area (TPSA) is 29.4 Å². The van der Waals surface area contributed by atoms with E-state index in [4.69, 9.17) is 11.6 Å². The number of isocyanates is 1. The first-order valence-electron chi connectivity index (χ1n) is 5.46. The van der Waals surface area contributed by atoms with Crippen LogP contribution in [0.5, 0.6) is 0 Å². The first-order valence-corrected chi connectivity index (χ1v) is 5.84. The van der Waals surface area contributed by atoms with Crippen LogP contribution in [0.15, 0.2) is 17.1 Å². The average molecular weight is 236 g/mol. The minimum absolute atomic E-state index is 0.346. The normalized spacial score (nSPS) is 17.4. The Morgan fingerprint density at radius 3 is 2.56 bits per heavy atom. The highest BCUT2D eigenvalue weighted by Crippen LogP contribution is 2.48. The number of halogens is 1. The molecule has 0 heterocycles. The van der Waals surface area contributed by atoms with Crippen molar-refractivity contribution in [3.63, 3.8) is 0 Å². The molecular weight excluding hydrogens is 222 g/mol. The minimum Gasteiger partial charge on any atom is -0.211 e. The Morgan fingerprint density at radius 1 is 1.38 bits per heavy atom. The summed E-state index contributed by atoms with van der Waals surface area (Å²) in [6, 6.07) is 3.89. The van der Waals surface area contributed by atoms with Gasteiger partial charge in [0.2, 0.25) is 6.08 Å². The number of carbonyl (C=O) groups excluding carboxylic acids is 1. The van der Waals surface area contributed by atoms with Gasteiger partial charge in [-0.25, -0.2) is 4.79 Å². The van der Waals surface area contributed by atoms with Crippen molar-refractivity contribution in [3.05, 3.63) is 33.8 Å². The van der Waals surface area contributed by atoms with Gasteiger partial charge in [-0.3, -0.25) is 0 Å². The average Bonchev–Trinajstić information content (AvgIpc) is 2.20. The first kappa shape index (κ1) is 11.4. The molecule has 1 saturated carbocycles. The summed E-state index contributed by atoms with van der Waals surface area (Å²) in [4.78, 5) is 14.6. The summed E-state index contributed by atoms with van der Waals surface area (Å²) in [5, 5.41) is 0.743. The highest BCUT2D eigenvalue weighted by molar-refractivity contribution is 6.31. The molecule has 2 rings (SSSR count). The van der Waals surface area contributed by atoms with Crippen molar-refractivity contribution in [3.8, 4) is 0 Å². The van der Waals surface area contributed by atoms with E-state index in [1.54, 1.807) is 6.08 Å². The van der Waals surface area contributed by atoms with Crippen LogP contribution in [0.3, 0.4) is 0 Å². The van der Waals surface area contributed by atoms with Crippen LogP contribution in [-0.4, -0.2) is 6.08 Å². The third kappa shape index (κ3) is 1.59. The molecule has 0 aromatic heterocycles. The largest absolute Gasteiger partial charge is 0.235 e. The van der Waals surface area contributed by atoms with Crippen molar-refractivity contribution in [2.75, 3.05) is 0 Å². The molecule has 0 amide bonds. The van der Waals surface area contributed by atoms with E-state index in [9.17, 15) is 4.79 Å². The fourth-order valence-electron chi connectivity index (χ4n) is 2.55. The summed E-state index contributed by atoms with van der Waals surface area (Å²) in [6.45, 7) is 4.03. The minimum atomic E-state index is -0.346. The van der Waals surface area contributed by atoms with Gasteiger partial charge in [-0.1, -0.05) is 17.7 Å². The van der Waals surface area contributed by atoms with Crippen LogP contribution in [0.25, 0.3) is 0 Å². The van der Waals surface area contributed by atoms with Gasteiger partial charge in [0.05, 0.1) is 5.54 Å². The summed E-state index contributed by atoms with van der Waals surface area (Å²) >= 11 is 6.13. The smallest absolute Gasteiger partial charge is 0.211 e. The Balaban J connectivity index is 2.62. The number of nitrogens with zero attached hydrogens (tertiary/aromatic N) is 1. The van der Waals surface area contributed by atoms with Gasteiger partial charge in [0.15, 0.2) is 0 Å². The maximum absolute atomic E-state index is 10.6. The quantitative estimate of drug-likeness (QED) is 0.568. The van der Waals surface area contributed by atoms with E-state index in [-0.39, 0.29) is 5.54 Å². The van der Waals surface area contributed by atoms with E-state index >= 15 is 0 Å². The molecule has 16 heavy (non-hydrogen) atoms. The van der Waals surface area contributed by atoms with Crippen LogP contribution in [0.1, 0.15) is 36.0 Å². The molecule has 1 aromatic carbocycles. The van der Waals surface area contributed by atoms with Gasteiger partial charge in [0, 0.05) is 5.02 Å². The Labute approximate surface area is 100 Å². The zero-order valence-corrected chi connectivity index (χ0v) is 10.3. The van der Waals surface area contributed by atoms with E-state index in [2.05, 4.69) is 4.99 Å². The van der Waals surface area contributed by atoms with Gasteiger partial charge in [0.25, 0.3) is 0 Å². The molecule has 0 aliphatic heterocycles. The highest BCUT2D eigenvalue weighted by atomic mass is 35.5. The monoisotopic (exact) mass is 235 g/mol. The second kappa shape index (κ2) is 4.04. The van der Waals surface area contributed by atoms with Crippen molar-refractivity contribution >= 4 is 17.7 Å². The molecule has 0 atom stereocenters. The van der Waals surface area contributed by atoms with Crippen LogP contribution in [-0.2, 0) is 10.3 Å². The SMILES string of the molecule is Cc1ccc(Cl)c(C)c1C1(N=C=O)CCC1. The molecule has 0 N–H and O–H groups in total. The lowest BCUT2D eigenvalue weighted by Gasteiger charge is -2.39. The fraction of sp³-hybridized carbons (Fsp3) is 0.462. The molecule has 1 aliphatic carbocycles. The van der Waals surface area contributed by atoms with Crippen LogP contribution < -0.4 is 0 Å². The van der Waals surface area contributed by atoms with Crippen molar-refractivity contribution < 1.29 is 4.79 Å². The van der Waals surface area contributed by atoms with E-state index in [1.165, 1.54) is 0 Å². The molecule has 1 fully saturated rings. The molecule has 84 valence electrons. The van der Waals surface area contributed by atoms with Crippen LogP contribution in [0.4, 0.5) is 0 Å². The number of benzene rings is 1. The van der Waals surface area contributed by atoms with Gasteiger partial charge >= 0.3 is 0 Å². The van der Waals surface area contributed by atoms with Crippen LogP contribution >= 0.6 is 11.6 Å². The van der Waals surface area contributed by atoms with Gasteiger partial charge in [-0.15, -0.1) is 0 Å². The van der Waals surface area contributed by atoms with E-state index < -0.39 is 0 Å².